The average molecular weight is 277 g/mol. The van der Waals surface area contributed by atoms with E-state index < -0.39 is 0 Å². The molecule has 110 valence electrons. The molecule has 0 bridgehead atoms. The second-order valence-corrected chi connectivity index (χ2v) is 5.10. The van der Waals surface area contributed by atoms with Crippen LogP contribution in [0.2, 0.25) is 0 Å². The van der Waals surface area contributed by atoms with Gasteiger partial charge < -0.3 is 19.8 Å². The number of nitrogens with one attached hydrogen (secondary N) is 2. The lowest BCUT2D eigenvalue weighted by atomic mass is 10.1. The molecule has 0 atom stereocenters. The largest absolute Gasteiger partial charge is 0.380 e. The third-order valence-corrected chi connectivity index (χ3v) is 3.01. The molecule has 0 saturated carbocycles. The van der Waals surface area contributed by atoms with Crippen molar-refractivity contribution in [3.05, 3.63) is 18.6 Å². The van der Waals surface area contributed by atoms with Crippen LogP contribution in [0.5, 0.6) is 0 Å². The molecule has 0 unspecified atom stereocenters. The topological polar surface area (TPSA) is 63.5 Å². The highest BCUT2D eigenvalue weighted by atomic mass is 16.5. The molecule has 0 aliphatic rings. The van der Waals surface area contributed by atoms with E-state index in [1.807, 2.05) is 23.8 Å². The van der Waals surface area contributed by atoms with E-state index in [1.54, 1.807) is 6.20 Å². The highest BCUT2D eigenvalue weighted by molar-refractivity contribution is 5.65. The van der Waals surface area contributed by atoms with Crippen LogP contribution in [0.3, 0.4) is 0 Å². The molecule has 0 amide bonds. The third kappa shape index (κ3) is 3.84. The van der Waals surface area contributed by atoms with Crippen molar-refractivity contribution in [2.24, 2.45) is 5.92 Å². The van der Waals surface area contributed by atoms with Crippen molar-refractivity contribution in [3.63, 3.8) is 0 Å². The monoisotopic (exact) mass is 277 g/mol. The highest BCUT2D eigenvalue weighted by Gasteiger charge is 2.06. The number of ether oxygens (including phenoxy) is 1. The van der Waals surface area contributed by atoms with E-state index in [2.05, 4.69) is 34.4 Å². The Kier molecular flexibility index (Phi) is 5.17. The van der Waals surface area contributed by atoms with Crippen LogP contribution in [0.1, 0.15) is 20.3 Å². The van der Waals surface area contributed by atoms with Gasteiger partial charge in [-0.3, -0.25) is 0 Å². The molecule has 0 radical (unpaired) electrons. The van der Waals surface area contributed by atoms with Crippen molar-refractivity contribution in [1.29, 1.82) is 0 Å². The predicted octanol–water partition coefficient (Wildman–Crippen LogP) is 2.25. The zero-order chi connectivity index (χ0) is 14.4. The van der Waals surface area contributed by atoms with Gasteiger partial charge in [-0.05, 0) is 12.3 Å². The van der Waals surface area contributed by atoms with Gasteiger partial charge in [-0.1, -0.05) is 13.8 Å². The zero-order valence-corrected chi connectivity index (χ0v) is 12.4. The van der Waals surface area contributed by atoms with E-state index in [-0.39, 0.29) is 0 Å². The van der Waals surface area contributed by atoms with Gasteiger partial charge in [0.15, 0.2) is 11.5 Å². The SMILES string of the molecule is CNc1cn2ccnc2c(NCCOCCC(C)C)n1. The molecule has 20 heavy (non-hydrogen) atoms. The fourth-order valence-electron chi connectivity index (χ4n) is 1.83. The summed E-state index contributed by atoms with van der Waals surface area (Å²) in [7, 11) is 1.85. The van der Waals surface area contributed by atoms with E-state index in [1.165, 1.54) is 0 Å². The summed E-state index contributed by atoms with van der Waals surface area (Å²) < 4.78 is 7.53. The van der Waals surface area contributed by atoms with Crippen molar-refractivity contribution < 1.29 is 4.74 Å². The first-order valence-corrected chi connectivity index (χ1v) is 7.03. The number of anilines is 2. The van der Waals surface area contributed by atoms with E-state index in [4.69, 9.17) is 4.74 Å². The second-order valence-electron chi connectivity index (χ2n) is 5.10. The first kappa shape index (κ1) is 14.6. The lowest BCUT2D eigenvalue weighted by molar-refractivity contribution is 0.132. The van der Waals surface area contributed by atoms with Crippen LogP contribution in [0.25, 0.3) is 5.65 Å². The molecule has 2 rings (SSSR count). The molecule has 2 aromatic heterocycles. The normalized spacial score (nSPS) is 11.2. The first-order chi connectivity index (χ1) is 9.70. The molecule has 2 aromatic rings. The van der Waals surface area contributed by atoms with Gasteiger partial charge in [-0.2, -0.15) is 0 Å². The fraction of sp³-hybridized carbons (Fsp3) is 0.571. The Morgan fingerprint density at radius 3 is 2.95 bits per heavy atom. The molecule has 0 aliphatic heterocycles. The quantitative estimate of drug-likeness (QED) is 0.725. The van der Waals surface area contributed by atoms with Gasteiger partial charge in [0, 0.05) is 32.6 Å². The number of nitrogens with zero attached hydrogens (tertiary/aromatic N) is 3. The molecular formula is C14H23N5O. The van der Waals surface area contributed by atoms with Crippen LogP contribution in [-0.4, -0.2) is 41.2 Å². The first-order valence-electron chi connectivity index (χ1n) is 7.03. The Hall–Kier alpha value is -1.82. The van der Waals surface area contributed by atoms with Crippen molar-refractivity contribution in [1.82, 2.24) is 14.4 Å². The Morgan fingerprint density at radius 1 is 1.35 bits per heavy atom. The molecule has 0 fully saturated rings. The van der Waals surface area contributed by atoms with Gasteiger partial charge in [0.2, 0.25) is 0 Å². The molecule has 0 aromatic carbocycles. The minimum absolute atomic E-state index is 0.672. The summed E-state index contributed by atoms with van der Waals surface area (Å²) >= 11 is 0. The van der Waals surface area contributed by atoms with E-state index >= 15 is 0 Å². The maximum atomic E-state index is 5.58. The molecule has 6 nitrogen and oxygen atoms in total. The molecule has 6 heteroatoms. The summed E-state index contributed by atoms with van der Waals surface area (Å²) in [6.45, 7) is 6.60. The Labute approximate surface area is 119 Å². The van der Waals surface area contributed by atoms with Gasteiger partial charge in [0.25, 0.3) is 0 Å². The summed E-state index contributed by atoms with van der Waals surface area (Å²) in [6.07, 6.45) is 6.67. The number of rotatable bonds is 8. The van der Waals surface area contributed by atoms with Gasteiger partial charge in [0.1, 0.15) is 5.82 Å². The number of fused-ring (bicyclic) bond motifs is 1. The highest BCUT2D eigenvalue weighted by Crippen LogP contribution is 2.15. The van der Waals surface area contributed by atoms with Gasteiger partial charge in [0.05, 0.1) is 12.8 Å². The summed E-state index contributed by atoms with van der Waals surface area (Å²) in [6, 6.07) is 0. The van der Waals surface area contributed by atoms with Crippen molar-refractivity contribution >= 4 is 17.3 Å². The Morgan fingerprint density at radius 2 is 2.20 bits per heavy atom. The fourth-order valence-corrected chi connectivity index (χ4v) is 1.83. The smallest absolute Gasteiger partial charge is 0.180 e. The zero-order valence-electron chi connectivity index (χ0n) is 12.4. The van der Waals surface area contributed by atoms with Crippen LogP contribution in [0.4, 0.5) is 11.6 Å². The Balaban J connectivity index is 1.87. The number of aromatic nitrogens is 3. The van der Waals surface area contributed by atoms with E-state index in [9.17, 15) is 0 Å². The van der Waals surface area contributed by atoms with Crippen LogP contribution in [-0.2, 0) is 4.74 Å². The molecule has 0 saturated heterocycles. The summed E-state index contributed by atoms with van der Waals surface area (Å²) in [5, 5.41) is 6.32. The van der Waals surface area contributed by atoms with Crippen LogP contribution in [0.15, 0.2) is 18.6 Å². The maximum absolute atomic E-state index is 5.58. The van der Waals surface area contributed by atoms with Gasteiger partial charge >= 0.3 is 0 Å². The number of hydrogen-bond donors (Lipinski definition) is 2. The molecule has 0 aliphatic carbocycles. The van der Waals surface area contributed by atoms with Crippen molar-refractivity contribution in [2.75, 3.05) is 37.4 Å². The summed E-state index contributed by atoms with van der Waals surface area (Å²) in [5.41, 5.74) is 0.825. The van der Waals surface area contributed by atoms with Crippen LogP contribution < -0.4 is 10.6 Å². The summed E-state index contributed by atoms with van der Waals surface area (Å²) in [5.74, 6) is 2.26. The molecule has 2 heterocycles. The third-order valence-electron chi connectivity index (χ3n) is 3.01. The van der Waals surface area contributed by atoms with Gasteiger partial charge in [-0.25, -0.2) is 9.97 Å². The van der Waals surface area contributed by atoms with E-state index in [0.717, 1.165) is 36.9 Å². The van der Waals surface area contributed by atoms with E-state index in [0.29, 0.717) is 12.5 Å². The number of hydrogen-bond acceptors (Lipinski definition) is 5. The predicted molar refractivity (Wildman–Crippen MR) is 81.3 cm³/mol. The summed E-state index contributed by atoms with van der Waals surface area (Å²) in [4.78, 5) is 8.78. The average Bonchev–Trinajstić information content (AvgIpc) is 2.90. The van der Waals surface area contributed by atoms with Crippen molar-refractivity contribution in [2.45, 2.75) is 20.3 Å². The maximum Gasteiger partial charge on any atom is 0.180 e. The van der Waals surface area contributed by atoms with Crippen LogP contribution in [0, 0.1) is 5.92 Å². The minimum Gasteiger partial charge on any atom is -0.380 e. The molecule has 0 spiro atoms. The second kappa shape index (κ2) is 7.09. The molecular weight excluding hydrogens is 254 g/mol. The standard InChI is InChI=1S/C14H23N5O/c1-11(2)4-8-20-9-6-16-13-14-17-5-7-19(14)10-12(15-3)18-13/h5,7,10-11,15H,4,6,8-9H2,1-3H3,(H,16,18). The lowest BCUT2D eigenvalue weighted by Gasteiger charge is -2.10. The molecule has 2 N–H and O–H groups in total. The minimum atomic E-state index is 0.672. The Bertz CT molecular complexity index is 537. The van der Waals surface area contributed by atoms with Crippen LogP contribution >= 0.6 is 0 Å². The van der Waals surface area contributed by atoms with Gasteiger partial charge in [-0.15, -0.1) is 0 Å². The number of imidazole rings is 1. The van der Waals surface area contributed by atoms with Crippen molar-refractivity contribution in [3.8, 4) is 0 Å². The lowest BCUT2D eigenvalue weighted by Crippen LogP contribution is -2.13.